The average molecular weight is 359 g/mol. The first-order valence-electron chi connectivity index (χ1n) is 7.53. The van der Waals surface area contributed by atoms with Crippen molar-refractivity contribution in [1.82, 2.24) is 10.2 Å². The van der Waals surface area contributed by atoms with Gasteiger partial charge in [-0.2, -0.15) is 0 Å². The molecule has 0 saturated carbocycles. The van der Waals surface area contributed by atoms with Crippen LogP contribution in [0.1, 0.15) is 22.8 Å². The van der Waals surface area contributed by atoms with Gasteiger partial charge in [0.25, 0.3) is 0 Å². The number of thiophene rings is 1. The monoisotopic (exact) mass is 359 g/mol. The summed E-state index contributed by atoms with van der Waals surface area (Å²) in [6, 6.07) is 12.4. The number of nitrogens with one attached hydrogen (secondary N) is 1. The predicted molar refractivity (Wildman–Crippen MR) is 96.6 cm³/mol. The first-order valence-corrected chi connectivity index (χ1v) is 9.39. The van der Waals surface area contributed by atoms with Crippen LogP contribution < -0.4 is 5.32 Å². The minimum Gasteiger partial charge on any atom is -0.407 e. The molecule has 0 saturated heterocycles. The van der Waals surface area contributed by atoms with E-state index in [4.69, 9.17) is 4.42 Å². The molecule has 5 nitrogen and oxygen atoms in total. The Morgan fingerprint density at radius 3 is 2.83 bits per heavy atom. The van der Waals surface area contributed by atoms with Crippen LogP contribution in [0.4, 0.5) is 6.01 Å². The van der Waals surface area contributed by atoms with Gasteiger partial charge in [-0.15, -0.1) is 28.2 Å². The Morgan fingerprint density at radius 1 is 1.25 bits per heavy atom. The molecule has 0 aliphatic carbocycles. The normalized spacial score (nSPS) is 10.7. The quantitative estimate of drug-likeness (QED) is 0.642. The van der Waals surface area contributed by atoms with Crippen molar-refractivity contribution in [2.45, 2.75) is 24.7 Å². The van der Waals surface area contributed by atoms with Gasteiger partial charge in [0.2, 0.25) is 11.8 Å². The van der Waals surface area contributed by atoms with Gasteiger partial charge >= 0.3 is 6.01 Å². The highest BCUT2D eigenvalue weighted by atomic mass is 32.2. The van der Waals surface area contributed by atoms with E-state index in [9.17, 15) is 4.79 Å². The minimum absolute atomic E-state index is 0.124. The molecule has 1 N–H and O–H groups in total. The van der Waals surface area contributed by atoms with Gasteiger partial charge in [-0.25, -0.2) is 0 Å². The van der Waals surface area contributed by atoms with Crippen LogP contribution in [-0.2, 0) is 11.2 Å². The number of aromatic nitrogens is 2. The highest BCUT2D eigenvalue weighted by Gasteiger charge is 2.10. The summed E-state index contributed by atoms with van der Waals surface area (Å²) >= 11 is 3.28. The Hall–Kier alpha value is -2.12. The maximum atomic E-state index is 11.9. The molecule has 0 bridgehead atoms. The van der Waals surface area contributed by atoms with Crippen LogP contribution in [0.5, 0.6) is 0 Å². The number of anilines is 1. The summed E-state index contributed by atoms with van der Waals surface area (Å²) in [4.78, 5) is 14.2. The summed E-state index contributed by atoms with van der Waals surface area (Å²) in [5.74, 6) is 1.08. The largest absolute Gasteiger partial charge is 0.407 e. The molecule has 0 spiro atoms. The zero-order valence-electron chi connectivity index (χ0n) is 13.2. The number of amides is 1. The molecule has 124 valence electrons. The fraction of sp³-hybridized carbons (Fsp3) is 0.235. The molecule has 1 amide bonds. The second-order valence-electron chi connectivity index (χ2n) is 5.22. The van der Waals surface area contributed by atoms with Crippen LogP contribution >= 0.6 is 23.1 Å². The second-order valence-corrected chi connectivity index (χ2v) is 7.42. The zero-order valence-corrected chi connectivity index (χ0v) is 14.8. The van der Waals surface area contributed by atoms with Crippen LogP contribution in [0.25, 0.3) is 0 Å². The molecule has 2 aromatic heterocycles. The lowest BCUT2D eigenvalue weighted by atomic mass is 10.2. The van der Waals surface area contributed by atoms with Crippen molar-refractivity contribution in [3.63, 3.8) is 0 Å². The molecular weight excluding hydrogens is 342 g/mol. The molecule has 0 aliphatic heterocycles. The summed E-state index contributed by atoms with van der Waals surface area (Å²) in [7, 11) is 0. The number of hydrogen-bond donors (Lipinski definition) is 1. The molecule has 0 radical (unpaired) electrons. The number of aryl methyl sites for hydroxylation is 1. The lowest BCUT2D eigenvalue weighted by Crippen LogP contribution is -2.12. The topological polar surface area (TPSA) is 68.0 Å². The van der Waals surface area contributed by atoms with E-state index >= 15 is 0 Å². The van der Waals surface area contributed by atoms with E-state index in [0.29, 0.717) is 24.5 Å². The number of benzene rings is 1. The van der Waals surface area contributed by atoms with Crippen LogP contribution in [0.3, 0.4) is 0 Å². The average Bonchev–Trinajstić information content (AvgIpc) is 3.22. The molecule has 0 atom stereocenters. The van der Waals surface area contributed by atoms with Crippen LogP contribution in [0, 0.1) is 6.92 Å². The van der Waals surface area contributed by atoms with Gasteiger partial charge in [0, 0.05) is 21.9 Å². The molecule has 0 unspecified atom stereocenters. The standard InChI is InChI=1S/C17H17N3O2S2/c1-12-4-6-13(7-5-12)24-10-8-15(21)18-17-20-19-16(22-17)11-14-3-2-9-23-14/h2-7,9H,8,10-11H2,1H3,(H,18,20,21). The van der Waals surface area contributed by atoms with Gasteiger partial charge in [-0.1, -0.05) is 28.9 Å². The third kappa shape index (κ3) is 4.94. The zero-order chi connectivity index (χ0) is 16.8. The number of thioether (sulfide) groups is 1. The Kier molecular flexibility index (Phi) is 5.66. The predicted octanol–water partition coefficient (Wildman–Crippen LogP) is 4.15. The van der Waals surface area contributed by atoms with Crippen molar-refractivity contribution in [2.24, 2.45) is 0 Å². The molecule has 7 heteroatoms. The minimum atomic E-state index is -0.124. The fourth-order valence-electron chi connectivity index (χ4n) is 2.02. The number of carbonyl (C=O) groups excluding carboxylic acids is 1. The summed E-state index contributed by atoms with van der Waals surface area (Å²) in [6.07, 6.45) is 0.977. The number of rotatable bonds is 7. The highest BCUT2D eigenvalue weighted by molar-refractivity contribution is 7.99. The molecule has 24 heavy (non-hydrogen) atoms. The lowest BCUT2D eigenvalue weighted by molar-refractivity contribution is -0.115. The van der Waals surface area contributed by atoms with E-state index < -0.39 is 0 Å². The Bertz CT molecular complexity index is 783. The molecule has 1 aromatic carbocycles. The summed E-state index contributed by atoms with van der Waals surface area (Å²) in [5.41, 5.74) is 1.23. The SMILES string of the molecule is Cc1ccc(SCCC(=O)Nc2nnc(Cc3cccs3)o2)cc1. The smallest absolute Gasteiger partial charge is 0.322 e. The van der Waals surface area contributed by atoms with Crippen molar-refractivity contribution >= 4 is 35.0 Å². The van der Waals surface area contributed by atoms with Crippen molar-refractivity contribution < 1.29 is 9.21 Å². The Balaban J connectivity index is 1.43. The van der Waals surface area contributed by atoms with Crippen LogP contribution in [-0.4, -0.2) is 21.9 Å². The van der Waals surface area contributed by atoms with E-state index in [-0.39, 0.29) is 11.9 Å². The van der Waals surface area contributed by atoms with Gasteiger partial charge < -0.3 is 4.42 Å². The third-order valence-electron chi connectivity index (χ3n) is 3.24. The van der Waals surface area contributed by atoms with E-state index in [1.165, 1.54) is 5.56 Å². The highest BCUT2D eigenvalue weighted by Crippen LogP contribution is 2.19. The Morgan fingerprint density at radius 2 is 2.08 bits per heavy atom. The summed E-state index contributed by atoms with van der Waals surface area (Å²) in [6.45, 7) is 2.05. The van der Waals surface area contributed by atoms with Crippen LogP contribution in [0.15, 0.2) is 51.1 Å². The van der Waals surface area contributed by atoms with Crippen LogP contribution in [0.2, 0.25) is 0 Å². The lowest BCUT2D eigenvalue weighted by Gasteiger charge is -2.02. The van der Waals surface area contributed by atoms with Gasteiger partial charge in [0.05, 0.1) is 6.42 Å². The second kappa shape index (κ2) is 8.12. The maximum absolute atomic E-state index is 11.9. The van der Waals surface area contributed by atoms with Crippen molar-refractivity contribution in [3.05, 3.63) is 58.1 Å². The van der Waals surface area contributed by atoms with Crippen molar-refractivity contribution in [1.29, 1.82) is 0 Å². The fourth-order valence-corrected chi connectivity index (χ4v) is 3.56. The first kappa shape index (κ1) is 16.7. The van der Waals surface area contributed by atoms with Gasteiger partial charge in [-0.05, 0) is 30.5 Å². The van der Waals surface area contributed by atoms with E-state index in [1.54, 1.807) is 23.1 Å². The maximum Gasteiger partial charge on any atom is 0.322 e. The number of hydrogen-bond acceptors (Lipinski definition) is 6. The molecule has 3 aromatic rings. The Labute approximate surface area is 148 Å². The summed E-state index contributed by atoms with van der Waals surface area (Å²) in [5, 5.41) is 12.5. The molecular formula is C17H17N3O2S2. The third-order valence-corrected chi connectivity index (χ3v) is 5.13. The number of carbonyl (C=O) groups is 1. The number of nitrogens with zero attached hydrogens (tertiary/aromatic N) is 2. The van der Waals surface area contributed by atoms with Crippen molar-refractivity contribution in [2.75, 3.05) is 11.1 Å². The summed E-state index contributed by atoms with van der Waals surface area (Å²) < 4.78 is 5.45. The van der Waals surface area contributed by atoms with E-state index in [0.717, 1.165) is 9.77 Å². The van der Waals surface area contributed by atoms with Gasteiger partial charge in [-0.3, -0.25) is 10.1 Å². The molecule has 0 aliphatic rings. The van der Waals surface area contributed by atoms with E-state index in [1.807, 2.05) is 17.5 Å². The van der Waals surface area contributed by atoms with Gasteiger partial charge in [0.15, 0.2) is 0 Å². The molecule has 3 rings (SSSR count). The first-order chi connectivity index (χ1) is 11.7. The molecule has 0 fully saturated rings. The van der Waals surface area contributed by atoms with Gasteiger partial charge in [0.1, 0.15) is 0 Å². The molecule has 2 heterocycles. The van der Waals surface area contributed by atoms with E-state index in [2.05, 4.69) is 46.7 Å². The van der Waals surface area contributed by atoms with Crippen molar-refractivity contribution in [3.8, 4) is 0 Å².